The van der Waals surface area contributed by atoms with Crippen molar-refractivity contribution >= 4 is 31.9 Å². The molecule has 0 amide bonds. The molecule has 0 aliphatic carbocycles. The fourth-order valence-corrected chi connectivity index (χ4v) is 3.82. The normalized spacial score (nSPS) is 36.7. The fourth-order valence-electron chi connectivity index (χ4n) is 2.51. The molecule has 0 spiro atoms. The van der Waals surface area contributed by atoms with Crippen LogP contribution in [0.1, 0.15) is 32.6 Å². The van der Waals surface area contributed by atoms with Gasteiger partial charge in [-0.1, -0.05) is 50.8 Å². The Kier molecular flexibility index (Phi) is 5.56. The summed E-state index contributed by atoms with van der Waals surface area (Å²) in [4.78, 5) is 0.387. The van der Waals surface area contributed by atoms with Crippen molar-refractivity contribution in [3.63, 3.8) is 0 Å². The van der Waals surface area contributed by atoms with Crippen molar-refractivity contribution in [1.29, 1.82) is 0 Å². The number of allylic oxidation sites excluding steroid dienone is 3. The van der Waals surface area contributed by atoms with Gasteiger partial charge in [-0.15, -0.1) is 6.42 Å². The van der Waals surface area contributed by atoms with Crippen molar-refractivity contribution in [2.24, 2.45) is 0 Å². The van der Waals surface area contributed by atoms with Crippen LogP contribution in [0.25, 0.3) is 0 Å². The summed E-state index contributed by atoms with van der Waals surface area (Å²) in [6.07, 6.45) is 13.2. The molecular formula is C15H18Br2O2. The minimum absolute atomic E-state index is 0.173. The zero-order valence-corrected chi connectivity index (χ0v) is 14.1. The van der Waals surface area contributed by atoms with E-state index in [1.165, 1.54) is 0 Å². The van der Waals surface area contributed by atoms with Gasteiger partial charge in [0.05, 0.1) is 6.10 Å². The van der Waals surface area contributed by atoms with E-state index in [1.807, 2.05) is 6.08 Å². The van der Waals surface area contributed by atoms with Gasteiger partial charge in [0, 0.05) is 28.6 Å². The first-order valence-electron chi connectivity index (χ1n) is 6.60. The van der Waals surface area contributed by atoms with Gasteiger partial charge in [-0.3, -0.25) is 0 Å². The van der Waals surface area contributed by atoms with E-state index in [2.05, 4.69) is 44.7 Å². The molecule has 0 aromatic rings. The monoisotopic (exact) mass is 388 g/mol. The zero-order valence-electron chi connectivity index (χ0n) is 10.9. The van der Waals surface area contributed by atoms with Crippen LogP contribution in [0.5, 0.6) is 0 Å². The first-order chi connectivity index (χ1) is 9.15. The first kappa shape index (κ1) is 15.2. The molecule has 0 radical (unpaired) electrons. The second-order valence-corrected chi connectivity index (χ2v) is 6.97. The molecule has 2 aliphatic rings. The van der Waals surface area contributed by atoms with Crippen LogP contribution in [0, 0.1) is 12.3 Å². The smallest absolute Gasteiger partial charge is 0.126 e. The molecule has 2 saturated heterocycles. The Hall–Kier alpha value is -0.240. The van der Waals surface area contributed by atoms with Gasteiger partial charge in [0.2, 0.25) is 0 Å². The summed E-state index contributed by atoms with van der Waals surface area (Å²) < 4.78 is 13.2. The highest BCUT2D eigenvalue weighted by Crippen LogP contribution is 2.40. The Balaban J connectivity index is 2.01. The summed E-state index contributed by atoms with van der Waals surface area (Å²) in [5.74, 6) is 3.49. The van der Waals surface area contributed by atoms with Crippen molar-refractivity contribution in [3.05, 3.63) is 22.4 Å². The third kappa shape index (κ3) is 3.65. The van der Waals surface area contributed by atoms with Crippen LogP contribution in [-0.4, -0.2) is 23.1 Å². The summed E-state index contributed by atoms with van der Waals surface area (Å²) in [6, 6.07) is 0. The van der Waals surface area contributed by atoms with Crippen LogP contribution in [0.2, 0.25) is 0 Å². The molecule has 0 aromatic heterocycles. The van der Waals surface area contributed by atoms with Crippen molar-refractivity contribution in [2.45, 2.75) is 55.7 Å². The maximum Gasteiger partial charge on any atom is 0.126 e. The van der Waals surface area contributed by atoms with Gasteiger partial charge >= 0.3 is 0 Å². The second kappa shape index (κ2) is 6.97. The minimum Gasteiger partial charge on any atom is -0.491 e. The second-order valence-electron chi connectivity index (χ2n) is 4.83. The van der Waals surface area contributed by atoms with E-state index in [9.17, 15) is 0 Å². The van der Waals surface area contributed by atoms with E-state index in [0.717, 1.165) is 35.9 Å². The van der Waals surface area contributed by atoms with Gasteiger partial charge < -0.3 is 9.47 Å². The van der Waals surface area contributed by atoms with Gasteiger partial charge in [-0.05, 0) is 12.5 Å². The van der Waals surface area contributed by atoms with Crippen molar-refractivity contribution in [2.75, 3.05) is 0 Å². The number of rotatable bonds is 3. The molecule has 19 heavy (non-hydrogen) atoms. The highest BCUT2D eigenvalue weighted by molar-refractivity contribution is 9.11. The van der Waals surface area contributed by atoms with E-state index in [4.69, 9.17) is 15.9 Å². The minimum atomic E-state index is 0.173. The summed E-state index contributed by atoms with van der Waals surface area (Å²) in [6.45, 7) is 2.16. The summed E-state index contributed by atoms with van der Waals surface area (Å²) in [7, 11) is 0. The molecule has 2 nitrogen and oxygen atoms in total. The molecule has 2 rings (SSSR count). The molecule has 2 aliphatic heterocycles. The van der Waals surface area contributed by atoms with Crippen molar-refractivity contribution in [3.8, 4) is 12.3 Å². The lowest BCUT2D eigenvalue weighted by Gasteiger charge is -2.34. The molecule has 2 heterocycles. The predicted molar refractivity (Wildman–Crippen MR) is 84.3 cm³/mol. The van der Waals surface area contributed by atoms with Gasteiger partial charge in [-0.25, -0.2) is 0 Å². The molecule has 0 bridgehead atoms. The zero-order chi connectivity index (χ0) is 13.8. The number of fused-ring (bicyclic) bond motifs is 1. The molecule has 0 saturated carbocycles. The lowest BCUT2D eigenvalue weighted by atomic mass is 9.99. The fraction of sp³-hybridized carbons (Fsp3) is 0.600. The first-order valence-corrected chi connectivity index (χ1v) is 8.31. The van der Waals surface area contributed by atoms with Crippen LogP contribution < -0.4 is 0 Å². The van der Waals surface area contributed by atoms with Crippen LogP contribution in [-0.2, 0) is 9.47 Å². The Morgan fingerprint density at radius 3 is 3.00 bits per heavy atom. The quantitative estimate of drug-likeness (QED) is 0.529. The van der Waals surface area contributed by atoms with Crippen LogP contribution in [0.4, 0.5) is 0 Å². The van der Waals surface area contributed by atoms with Crippen molar-refractivity contribution in [1.82, 2.24) is 0 Å². The third-order valence-electron chi connectivity index (χ3n) is 3.52. The van der Waals surface area contributed by atoms with E-state index in [1.54, 1.807) is 6.08 Å². The molecule has 4 atom stereocenters. The molecular weight excluding hydrogens is 372 g/mol. The number of alkyl halides is 1. The van der Waals surface area contributed by atoms with Crippen LogP contribution >= 0.6 is 31.9 Å². The highest BCUT2D eigenvalue weighted by atomic mass is 79.9. The maximum atomic E-state index is 6.10. The van der Waals surface area contributed by atoms with Crippen molar-refractivity contribution < 1.29 is 9.47 Å². The molecule has 0 N–H and O–H groups in total. The maximum absolute atomic E-state index is 6.10. The standard InChI is InChI=1S/C15H18Br2O2/c1-3-5-6-7-10(16)13-9-15-14(19-13)8-11(17)12(4-2)18-15/h1,5-6,11-12,14-15H,4,7-9H2,2H3/b6-5-,13-10-/t11-,12+,14-,15-/m1/s1. The SMILES string of the molecule is C#C/C=C\C/C(Br)=C1\C[C@H]2O[C@@H](CC)[C@H](Br)C[C@H]2O1. The Morgan fingerprint density at radius 1 is 1.53 bits per heavy atom. The van der Waals surface area contributed by atoms with Gasteiger partial charge in [-0.2, -0.15) is 0 Å². The van der Waals surface area contributed by atoms with Gasteiger partial charge in [0.15, 0.2) is 0 Å². The van der Waals surface area contributed by atoms with Gasteiger partial charge in [0.1, 0.15) is 18.0 Å². The Morgan fingerprint density at radius 2 is 2.32 bits per heavy atom. The third-order valence-corrected chi connectivity index (χ3v) is 5.25. The predicted octanol–water partition coefficient (Wildman–Crippen LogP) is 4.29. The van der Waals surface area contributed by atoms with E-state index >= 15 is 0 Å². The Bertz CT molecular complexity index is 422. The Labute approximate surface area is 131 Å². The summed E-state index contributed by atoms with van der Waals surface area (Å²) >= 11 is 7.28. The number of hydrogen-bond donors (Lipinski definition) is 0. The number of terminal acetylenes is 1. The lowest BCUT2D eigenvalue weighted by molar-refractivity contribution is -0.0853. The average molecular weight is 390 g/mol. The lowest BCUT2D eigenvalue weighted by Crippen LogP contribution is -2.42. The molecule has 4 heteroatoms. The van der Waals surface area contributed by atoms with Crippen LogP contribution in [0.15, 0.2) is 22.4 Å². The average Bonchev–Trinajstić information content (AvgIpc) is 2.80. The number of halogens is 2. The van der Waals surface area contributed by atoms with Crippen LogP contribution in [0.3, 0.4) is 0 Å². The molecule has 104 valence electrons. The molecule has 0 unspecified atom stereocenters. The van der Waals surface area contributed by atoms with Gasteiger partial charge in [0.25, 0.3) is 0 Å². The van der Waals surface area contributed by atoms with E-state index < -0.39 is 0 Å². The summed E-state index contributed by atoms with van der Waals surface area (Å²) in [5.41, 5.74) is 0. The topological polar surface area (TPSA) is 18.5 Å². The molecule has 0 aromatic carbocycles. The van der Waals surface area contributed by atoms with E-state index in [0.29, 0.717) is 10.9 Å². The number of ether oxygens (including phenoxy) is 2. The highest BCUT2D eigenvalue weighted by Gasteiger charge is 2.42. The largest absolute Gasteiger partial charge is 0.491 e. The van der Waals surface area contributed by atoms with E-state index in [-0.39, 0.29) is 12.2 Å². The summed E-state index contributed by atoms with van der Waals surface area (Å²) in [5, 5.41) is 0. The molecule has 2 fully saturated rings. The number of hydrogen-bond acceptors (Lipinski definition) is 2.